The monoisotopic (exact) mass is 646 g/mol. The van der Waals surface area contributed by atoms with Crippen molar-refractivity contribution in [2.45, 2.75) is 91.3 Å². The van der Waals surface area contributed by atoms with Gasteiger partial charge >= 0.3 is 12.2 Å². The van der Waals surface area contributed by atoms with Crippen LogP contribution in [0.2, 0.25) is 0 Å². The molecule has 1 fully saturated rings. The summed E-state index contributed by atoms with van der Waals surface area (Å²) in [7, 11) is 0. The van der Waals surface area contributed by atoms with Crippen molar-refractivity contribution in [3.8, 4) is 11.4 Å². The molecule has 4 rings (SSSR count). The van der Waals surface area contributed by atoms with Crippen LogP contribution in [0, 0.1) is 0 Å². The molecular weight excluding hydrogens is 600 g/mol. The molecule has 47 heavy (non-hydrogen) atoms. The number of carbonyl (C=O) groups is 2. The van der Waals surface area contributed by atoms with Crippen molar-refractivity contribution in [3.63, 3.8) is 0 Å². The first-order valence-electron chi connectivity index (χ1n) is 16.0. The van der Waals surface area contributed by atoms with Crippen molar-refractivity contribution in [2.24, 2.45) is 10.1 Å². The molecule has 0 aliphatic carbocycles. The summed E-state index contributed by atoms with van der Waals surface area (Å²) in [5, 5.41) is 11.1. The van der Waals surface area contributed by atoms with Gasteiger partial charge in [-0.25, -0.2) is 9.59 Å². The Bertz CT molecular complexity index is 1540. The molecule has 1 saturated heterocycles. The molecule has 0 saturated carbocycles. The number of rotatable bonds is 9. The molecule has 3 aromatic rings. The van der Waals surface area contributed by atoms with Gasteiger partial charge in [0.2, 0.25) is 17.7 Å². The molecule has 12 heteroatoms. The number of aromatic nitrogens is 2. The Hall–Kier alpha value is -4.74. The third kappa shape index (κ3) is 11.5. The summed E-state index contributed by atoms with van der Waals surface area (Å²) in [5.74, 6) is 0.821. The Kier molecular flexibility index (Phi) is 11.7. The molecule has 0 spiro atoms. The first-order chi connectivity index (χ1) is 22.3. The van der Waals surface area contributed by atoms with Crippen LogP contribution in [0.4, 0.5) is 9.59 Å². The third-order valence-corrected chi connectivity index (χ3v) is 7.04. The highest BCUT2D eigenvalue weighted by molar-refractivity contribution is 5.99. The molecule has 1 aliphatic heterocycles. The Labute approximate surface area is 276 Å². The van der Waals surface area contributed by atoms with Crippen LogP contribution in [0.15, 0.2) is 69.3 Å². The fourth-order valence-electron chi connectivity index (χ4n) is 4.81. The number of benzene rings is 2. The van der Waals surface area contributed by atoms with Crippen LogP contribution in [0.1, 0.15) is 90.7 Å². The maximum absolute atomic E-state index is 12.6. The minimum Gasteiger partial charge on any atom is -0.444 e. The van der Waals surface area contributed by atoms with Crippen LogP contribution in [0.3, 0.4) is 0 Å². The summed E-state index contributed by atoms with van der Waals surface area (Å²) >= 11 is 0. The van der Waals surface area contributed by atoms with Crippen LogP contribution in [-0.2, 0) is 20.7 Å². The van der Waals surface area contributed by atoms with Gasteiger partial charge in [-0.2, -0.15) is 4.98 Å². The van der Waals surface area contributed by atoms with Crippen molar-refractivity contribution in [1.29, 1.82) is 0 Å². The number of hydrogen-bond donors (Lipinski definition) is 1. The van der Waals surface area contributed by atoms with Crippen molar-refractivity contribution >= 4 is 23.9 Å². The molecule has 252 valence electrons. The Balaban J connectivity index is 1.33. The maximum Gasteiger partial charge on any atom is 0.437 e. The molecule has 1 aromatic heterocycles. The summed E-state index contributed by atoms with van der Waals surface area (Å²) in [4.78, 5) is 41.1. The Morgan fingerprint density at radius 1 is 0.979 bits per heavy atom. The Morgan fingerprint density at radius 3 is 2.36 bits per heavy atom. The fraction of sp³-hybridized carbons (Fsp3) is 0.486. The van der Waals surface area contributed by atoms with Gasteiger partial charge in [0, 0.05) is 18.7 Å². The minimum atomic E-state index is -0.818. The largest absolute Gasteiger partial charge is 0.444 e. The van der Waals surface area contributed by atoms with Crippen molar-refractivity contribution in [1.82, 2.24) is 20.4 Å². The molecule has 1 aliphatic rings. The highest BCUT2D eigenvalue weighted by Crippen LogP contribution is 2.28. The highest BCUT2D eigenvalue weighted by atomic mass is 16.6. The van der Waals surface area contributed by atoms with Gasteiger partial charge in [0.1, 0.15) is 17.8 Å². The van der Waals surface area contributed by atoms with Crippen molar-refractivity contribution in [3.05, 3.63) is 71.6 Å². The molecule has 0 bridgehead atoms. The van der Waals surface area contributed by atoms with Crippen LogP contribution in [-0.4, -0.2) is 69.8 Å². The third-order valence-electron chi connectivity index (χ3n) is 7.04. The van der Waals surface area contributed by atoms with E-state index in [2.05, 4.69) is 49.9 Å². The van der Waals surface area contributed by atoms with Crippen LogP contribution < -0.4 is 5.32 Å². The molecule has 2 aromatic carbocycles. The van der Waals surface area contributed by atoms with E-state index < -0.39 is 23.4 Å². The number of nitrogens with one attached hydrogen (secondary N) is 1. The van der Waals surface area contributed by atoms with E-state index in [9.17, 15) is 9.59 Å². The average molecular weight is 647 g/mol. The SMILES string of the molecule is C/C(=N\OCCCCc1ccccc1)c1ccc(-c2noc([C@@H]3CCN(/C(=N\C(=O)OC(C)(C)C)NC(=O)OC(C)(C)C)C3)n2)cc1. The number of ether oxygens (including phenoxy) is 2. The van der Waals surface area contributed by atoms with E-state index in [-0.39, 0.29) is 11.9 Å². The topological polar surface area (TPSA) is 141 Å². The maximum atomic E-state index is 12.6. The predicted molar refractivity (Wildman–Crippen MR) is 179 cm³/mol. The molecular formula is C35H46N6O6. The first-order valence-corrected chi connectivity index (χ1v) is 16.0. The minimum absolute atomic E-state index is 0.0412. The van der Waals surface area contributed by atoms with E-state index in [0.29, 0.717) is 37.8 Å². The number of amides is 2. The fourth-order valence-corrected chi connectivity index (χ4v) is 4.81. The summed E-state index contributed by atoms with van der Waals surface area (Å²) in [6.45, 7) is 13.8. The number of aryl methyl sites for hydroxylation is 1. The second-order valence-corrected chi connectivity index (χ2v) is 13.5. The van der Waals surface area contributed by atoms with Gasteiger partial charge < -0.3 is 23.7 Å². The van der Waals surface area contributed by atoms with E-state index in [4.69, 9.17) is 18.8 Å². The highest BCUT2D eigenvalue weighted by Gasteiger charge is 2.32. The lowest BCUT2D eigenvalue weighted by Crippen LogP contribution is -2.45. The van der Waals surface area contributed by atoms with Gasteiger partial charge in [-0.05, 0) is 85.3 Å². The lowest BCUT2D eigenvalue weighted by molar-refractivity contribution is 0.0555. The molecule has 0 radical (unpaired) electrons. The number of hydrogen-bond acceptors (Lipinski definition) is 9. The smallest absolute Gasteiger partial charge is 0.437 e. The zero-order valence-electron chi connectivity index (χ0n) is 28.4. The van der Waals surface area contributed by atoms with Crippen molar-refractivity contribution < 1.29 is 28.4 Å². The first kappa shape index (κ1) is 35.1. The van der Waals surface area contributed by atoms with Crippen LogP contribution in [0.5, 0.6) is 0 Å². The molecule has 2 amide bonds. The lowest BCUT2D eigenvalue weighted by atomic mass is 10.1. The van der Waals surface area contributed by atoms with Crippen LogP contribution in [0.25, 0.3) is 11.4 Å². The molecule has 12 nitrogen and oxygen atoms in total. The van der Waals surface area contributed by atoms with Gasteiger partial charge in [-0.1, -0.05) is 64.9 Å². The number of nitrogens with zero attached hydrogens (tertiary/aromatic N) is 5. The van der Waals surface area contributed by atoms with Gasteiger partial charge in [0.15, 0.2) is 0 Å². The van der Waals surface area contributed by atoms with Gasteiger partial charge in [0.05, 0.1) is 11.6 Å². The number of guanidine groups is 1. The van der Waals surface area contributed by atoms with E-state index in [1.165, 1.54) is 5.56 Å². The number of carbonyl (C=O) groups excluding carboxylic acids is 2. The van der Waals surface area contributed by atoms with E-state index in [1.54, 1.807) is 46.4 Å². The average Bonchev–Trinajstić information content (AvgIpc) is 3.68. The van der Waals surface area contributed by atoms with E-state index >= 15 is 0 Å². The molecule has 1 atom stereocenters. The van der Waals surface area contributed by atoms with Gasteiger partial charge in [-0.15, -0.1) is 4.99 Å². The summed E-state index contributed by atoms with van der Waals surface area (Å²) < 4.78 is 16.4. The van der Waals surface area contributed by atoms with Crippen LogP contribution >= 0.6 is 0 Å². The van der Waals surface area contributed by atoms with E-state index in [1.807, 2.05) is 37.3 Å². The van der Waals surface area contributed by atoms with E-state index in [0.717, 1.165) is 36.1 Å². The molecule has 2 heterocycles. The van der Waals surface area contributed by atoms with Crippen molar-refractivity contribution in [2.75, 3.05) is 19.7 Å². The number of unbranched alkanes of at least 4 members (excludes halogenated alkanes) is 1. The number of alkyl carbamates (subject to hydrolysis) is 1. The summed E-state index contributed by atoms with van der Waals surface area (Å²) in [6, 6.07) is 18.1. The normalized spacial score (nSPS) is 15.8. The predicted octanol–water partition coefficient (Wildman–Crippen LogP) is 7.11. The quantitative estimate of drug-likeness (QED) is 0.111. The number of likely N-dealkylation sites (tertiary alicyclic amines) is 1. The number of aliphatic imine (C=N–C) groups is 1. The second-order valence-electron chi connectivity index (χ2n) is 13.5. The second kappa shape index (κ2) is 15.7. The summed E-state index contributed by atoms with van der Waals surface area (Å²) in [6.07, 6.45) is 2.11. The lowest BCUT2D eigenvalue weighted by Gasteiger charge is -2.24. The van der Waals surface area contributed by atoms with Gasteiger partial charge in [-0.3, -0.25) is 5.32 Å². The zero-order valence-corrected chi connectivity index (χ0v) is 28.4. The number of oxime groups is 1. The standard InChI is InChI=1S/C35H46N6O6/c1-24(39-44-22-12-11-15-25-13-9-8-10-14-25)26-16-18-27(19-17-26)29-36-30(47-40-29)28-20-21-41(23-28)31(37-32(42)45-34(2,3)4)38-33(43)46-35(5,6)7/h8-10,13-14,16-19,28H,11-12,15,20-23H2,1-7H3,(H,37,38,42,43)/b39-24+/t28-/m1/s1. The summed E-state index contributed by atoms with van der Waals surface area (Å²) in [5.41, 5.74) is 2.37. The molecule has 1 N–H and O–H groups in total. The Morgan fingerprint density at radius 2 is 1.68 bits per heavy atom. The van der Waals surface area contributed by atoms with Gasteiger partial charge in [0.25, 0.3) is 0 Å². The zero-order chi connectivity index (χ0) is 34.0. The molecule has 0 unspecified atom stereocenters.